The Morgan fingerprint density at radius 3 is 2.73 bits per heavy atom. The summed E-state index contributed by atoms with van der Waals surface area (Å²) in [5.41, 5.74) is 6.12. The van der Waals surface area contributed by atoms with E-state index in [9.17, 15) is 10.1 Å². The van der Waals surface area contributed by atoms with Crippen LogP contribution in [0.4, 0.5) is 11.4 Å². The van der Waals surface area contributed by atoms with Crippen molar-refractivity contribution < 1.29 is 9.45 Å². The van der Waals surface area contributed by atoms with Gasteiger partial charge < -0.3 is 10.3 Å². The predicted octanol–water partition coefficient (Wildman–Crippen LogP) is 1.83. The molecule has 15 heavy (non-hydrogen) atoms. The molecule has 0 radical (unpaired) electrons. The van der Waals surface area contributed by atoms with E-state index in [4.69, 9.17) is 10.3 Å². The molecule has 0 bridgehead atoms. The lowest BCUT2D eigenvalue weighted by Crippen LogP contribution is -1.92. The van der Waals surface area contributed by atoms with Gasteiger partial charge >= 0.3 is 0 Å². The Morgan fingerprint density at radius 1 is 1.40 bits per heavy atom. The highest BCUT2D eigenvalue weighted by Gasteiger charge is 2.19. The molecule has 0 atom stereocenters. The third kappa shape index (κ3) is 1.52. The van der Waals surface area contributed by atoms with Crippen molar-refractivity contribution in [2.75, 3.05) is 5.73 Å². The summed E-state index contributed by atoms with van der Waals surface area (Å²) in [6.07, 6.45) is 1.31. The number of nitro benzene ring substituents is 1. The van der Waals surface area contributed by atoms with Gasteiger partial charge in [0.05, 0.1) is 16.7 Å². The average Bonchev–Trinajstić information content (AvgIpc) is 2.64. The van der Waals surface area contributed by atoms with Crippen molar-refractivity contribution in [2.24, 2.45) is 0 Å². The molecule has 0 saturated carbocycles. The molecule has 0 unspecified atom stereocenters. The normalized spacial score (nSPS) is 10.1. The van der Waals surface area contributed by atoms with Crippen molar-refractivity contribution in [1.29, 1.82) is 0 Å². The maximum absolute atomic E-state index is 10.7. The molecule has 2 aromatic rings. The van der Waals surface area contributed by atoms with E-state index in [-0.39, 0.29) is 17.1 Å². The second kappa shape index (κ2) is 3.41. The molecule has 2 rings (SSSR count). The van der Waals surface area contributed by atoms with E-state index >= 15 is 0 Å². The Kier molecular flexibility index (Phi) is 2.09. The molecule has 0 saturated heterocycles. The van der Waals surface area contributed by atoms with Crippen molar-refractivity contribution in [3.05, 3.63) is 40.6 Å². The quantitative estimate of drug-likeness (QED) is 0.596. The van der Waals surface area contributed by atoms with Crippen molar-refractivity contribution in [3.63, 3.8) is 0 Å². The number of nitro groups is 1. The Balaban J connectivity index is 2.63. The molecule has 76 valence electrons. The van der Waals surface area contributed by atoms with Crippen molar-refractivity contribution in [2.45, 2.75) is 0 Å². The summed E-state index contributed by atoms with van der Waals surface area (Å²) in [7, 11) is 0. The zero-order valence-electron chi connectivity index (χ0n) is 7.58. The van der Waals surface area contributed by atoms with Crippen LogP contribution in [0, 0.1) is 10.1 Å². The van der Waals surface area contributed by atoms with Crippen molar-refractivity contribution in [1.82, 2.24) is 5.16 Å². The summed E-state index contributed by atoms with van der Waals surface area (Å²) in [5, 5.41) is 14.2. The molecule has 1 aromatic heterocycles. The number of para-hydroxylation sites is 1. The fraction of sp³-hybridized carbons (Fsp3) is 0. The topological polar surface area (TPSA) is 95.2 Å². The lowest BCUT2D eigenvalue weighted by atomic mass is 10.1. The largest absolute Gasteiger partial charge is 0.394 e. The van der Waals surface area contributed by atoms with Gasteiger partial charge in [0.15, 0.2) is 5.76 Å². The Hall–Kier alpha value is -2.37. The Bertz CT molecular complexity index is 507. The summed E-state index contributed by atoms with van der Waals surface area (Å²) in [5.74, 6) is 0.224. The minimum atomic E-state index is -0.489. The van der Waals surface area contributed by atoms with Gasteiger partial charge in [-0.1, -0.05) is 17.3 Å². The number of nitrogens with two attached hydrogens (primary N) is 1. The number of aromatic nitrogens is 1. The van der Waals surface area contributed by atoms with Gasteiger partial charge in [0, 0.05) is 6.07 Å². The van der Waals surface area contributed by atoms with E-state index in [0.29, 0.717) is 5.56 Å². The summed E-state index contributed by atoms with van der Waals surface area (Å²) < 4.78 is 4.86. The molecular weight excluding hydrogens is 198 g/mol. The molecule has 1 heterocycles. The van der Waals surface area contributed by atoms with Gasteiger partial charge in [0.2, 0.25) is 0 Å². The molecule has 1 aromatic carbocycles. The maximum atomic E-state index is 10.7. The summed E-state index contributed by atoms with van der Waals surface area (Å²) in [6.45, 7) is 0. The first-order valence-electron chi connectivity index (χ1n) is 4.14. The highest BCUT2D eigenvalue weighted by atomic mass is 16.6. The number of hydrogen-bond acceptors (Lipinski definition) is 5. The Morgan fingerprint density at radius 2 is 2.13 bits per heavy atom. The highest BCUT2D eigenvalue weighted by molar-refractivity contribution is 5.77. The SMILES string of the molecule is Nc1cnoc1-c1ccccc1[N+](=O)[O-]. The molecule has 0 spiro atoms. The fourth-order valence-corrected chi connectivity index (χ4v) is 1.28. The van der Waals surface area contributed by atoms with Crippen LogP contribution < -0.4 is 5.73 Å². The second-order valence-electron chi connectivity index (χ2n) is 2.88. The van der Waals surface area contributed by atoms with Crippen LogP contribution in [0.1, 0.15) is 0 Å². The van der Waals surface area contributed by atoms with Crippen LogP contribution >= 0.6 is 0 Å². The average molecular weight is 205 g/mol. The molecular formula is C9H7N3O3. The van der Waals surface area contributed by atoms with E-state index < -0.39 is 4.92 Å². The van der Waals surface area contributed by atoms with Crippen molar-refractivity contribution >= 4 is 11.4 Å². The first-order valence-corrected chi connectivity index (χ1v) is 4.14. The smallest absolute Gasteiger partial charge is 0.280 e. The number of benzene rings is 1. The van der Waals surface area contributed by atoms with Crippen LogP contribution in [0.3, 0.4) is 0 Å². The van der Waals surface area contributed by atoms with E-state index in [2.05, 4.69) is 5.16 Å². The molecule has 2 N–H and O–H groups in total. The third-order valence-electron chi connectivity index (χ3n) is 1.94. The number of anilines is 1. The van der Waals surface area contributed by atoms with Crippen LogP contribution in [-0.4, -0.2) is 10.1 Å². The molecule has 6 nitrogen and oxygen atoms in total. The van der Waals surface area contributed by atoms with E-state index in [1.165, 1.54) is 12.3 Å². The standard InChI is InChI=1S/C9H7N3O3/c10-7-5-11-15-9(7)6-3-1-2-4-8(6)12(13)14/h1-5H,10H2. The van der Waals surface area contributed by atoms with Crippen molar-refractivity contribution in [3.8, 4) is 11.3 Å². The minimum absolute atomic E-state index is 0.0547. The zero-order valence-corrected chi connectivity index (χ0v) is 7.58. The van der Waals surface area contributed by atoms with Gasteiger partial charge in [-0.25, -0.2) is 0 Å². The summed E-state index contributed by atoms with van der Waals surface area (Å²) >= 11 is 0. The first-order chi connectivity index (χ1) is 7.20. The summed E-state index contributed by atoms with van der Waals surface area (Å²) in [6, 6.07) is 6.20. The van der Waals surface area contributed by atoms with Gasteiger partial charge in [-0.15, -0.1) is 0 Å². The molecule has 0 aliphatic heterocycles. The molecule has 0 fully saturated rings. The molecule has 0 aliphatic carbocycles. The van der Waals surface area contributed by atoms with Gasteiger partial charge in [-0.05, 0) is 6.07 Å². The van der Waals surface area contributed by atoms with Gasteiger partial charge in [-0.3, -0.25) is 10.1 Å². The second-order valence-corrected chi connectivity index (χ2v) is 2.88. The predicted molar refractivity (Wildman–Crippen MR) is 53.0 cm³/mol. The Labute approximate surface area is 84.4 Å². The van der Waals surface area contributed by atoms with Gasteiger partial charge in [0.25, 0.3) is 5.69 Å². The lowest BCUT2D eigenvalue weighted by molar-refractivity contribution is -0.384. The zero-order chi connectivity index (χ0) is 10.8. The van der Waals surface area contributed by atoms with Crippen LogP contribution in [0.15, 0.2) is 35.0 Å². The van der Waals surface area contributed by atoms with Crippen LogP contribution in [0.2, 0.25) is 0 Å². The summed E-state index contributed by atoms with van der Waals surface area (Å²) in [4.78, 5) is 10.2. The number of rotatable bonds is 2. The molecule has 0 amide bonds. The third-order valence-corrected chi connectivity index (χ3v) is 1.94. The van der Waals surface area contributed by atoms with E-state index in [0.717, 1.165) is 0 Å². The molecule has 0 aliphatic rings. The number of hydrogen-bond donors (Lipinski definition) is 1. The number of nitrogens with zero attached hydrogens (tertiary/aromatic N) is 2. The van der Waals surface area contributed by atoms with E-state index in [1.54, 1.807) is 18.2 Å². The fourth-order valence-electron chi connectivity index (χ4n) is 1.28. The van der Waals surface area contributed by atoms with Crippen LogP contribution in [-0.2, 0) is 0 Å². The lowest BCUT2D eigenvalue weighted by Gasteiger charge is -1.98. The van der Waals surface area contributed by atoms with E-state index in [1.807, 2.05) is 0 Å². The highest BCUT2D eigenvalue weighted by Crippen LogP contribution is 2.32. The van der Waals surface area contributed by atoms with Gasteiger partial charge in [-0.2, -0.15) is 0 Å². The first kappa shape index (κ1) is 9.20. The maximum Gasteiger partial charge on any atom is 0.280 e. The minimum Gasteiger partial charge on any atom is -0.394 e. The monoisotopic (exact) mass is 205 g/mol. The van der Waals surface area contributed by atoms with Crippen LogP contribution in [0.25, 0.3) is 11.3 Å². The van der Waals surface area contributed by atoms with Crippen LogP contribution in [0.5, 0.6) is 0 Å². The number of nitrogen functional groups attached to an aromatic ring is 1. The van der Waals surface area contributed by atoms with Gasteiger partial charge in [0.1, 0.15) is 5.69 Å². The molecule has 6 heteroatoms.